The van der Waals surface area contributed by atoms with Crippen molar-refractivity contribution in [2.24, 2.45) is 7.05 Å². The summed E-state index contributed by atoms with van der Waals surface area (Å²) in [5.74, 6) is 0.422. The number of carbonyl (C=O) groups excluding carboxylic acids is 1. The van der Waals surface area contributed by atoms with Crippen LogP contribution in [0.25, 0.3) is 11.3 Å². The van der Waals surface area contributed by atoms with Crippen LogP contribution in [-0.4, -0.2) is 21.1 Å². The quantitative estimate of drug-likeness (QED) is 0.675. The van der Waals surface area contributed by atoms with E-state index in [9.17, 15) is 4.79 Å². The zero-order chi connectivity index (χ0) is 18.7. The van der Waals surface area contributed by atoms with Gasteiger partial charge in [0.05, 0.1) is 0 Å². The highest BCUT2D eigenvalue weighted by Crippen LogP contribution is 2.28. The van der Waals surface area contributed by atoms with Gasteiger partial charge in [0.25, 0.3) is 0 Å². The number of nitrogens with zero attached hydrogens (tertiary/aromatic N) is 3. The van der Waals surface area contributed by atoms with Crippen LogP contribution in [0.5, 0.6) is 0 Å². The Hall–Kier alpha value is -3.06. The van der Waals surface area contributed by atoms with Crippen LogP contribution < -0.4 is 11.1 Å². The minimum absolute atomic E-state index is 0.422. The molecule has 0 aliphatic rings. The molecule has 134 valence electrons. The highest BCUT2D eigenvalue weighted by Gasteiger charge is 2.19. The second-order valence-electron chi connectivity index (χ2n) is 5.73. The van der Waals surface area contributed by atoms with E-state index in [-0.39, 0.29) is 0 Å². The Balaban J connectivity index is 1.77. The molecule has 26 heavy (non-hydrogen) atoms. The third-order valence-electron chi connectivity index (χ3n) is 3.86. The molecule has 0 aliphatic carbocycles. The average Bonchev–Trinajstić information content (AvgIpc) is 2.96. The van der Waals surface area contributed by atoms with E-state index in [0.29, 0.717) is 22.2 Å². The Labute approximate surface area is 155 Å². The minimum atomic E-state index is -0.625. The van der Waals surface area contributed by atoms with Crippen molar-refractivity contribution in [3.63, 3.8) is 0 Å². The van der Waals surface area contributed by atoms with Gasteiger partial charge < -0.3 is 10.5 Å². The van der Waals surface area contributed by atoms with Crippen LogP contribution in [-0.2, 0) is 11.8 Å². The molecule has 1 heterocycles. The lowest BCUT2D eigenvalue weighted by Crippen LogP contribution is -2.18. The van der Waals surface area contributed by atoms with Gasteiger partial charge in [0, 0.05) is 28.9 Å². The number of nitrogen functional groups attached to an aromatic ring is 1. The number of ether oxygens (including phenoxy) is 1. The number of nitrogens with one attached hydrogen (secondary N) is 1. The summed E-state index contributed by atoms with van der Waals surface area (Å²) < 4.78 is 6.90. The van der Waals surface area contributed by atoms with Crippen LogP contribution in [0, 0.1) is 0 Å². The Kier molecular flexibility index (Phi) is 5.09. The SMILES string of the molecule is C[C@@H](OC(=O)Nc1c(-c2ccc(N)cc2)nnn1C)c1ccccc1Cl. The van der Waals surface area contributed by atoms with E-state index in [0.717, 1.165) is 11.1 Å². The van der Waals surface area contributed by atoms with E-state index < -0.39 is 12.2 Å². The molecule has 0 bridgehead atoms. The van der Waals surface area contributed by atoms with Crippen LogP contribution in [0.3, 0.4) is 0 Å². The normalized spacial score (nSPS) is 11.8. The van der Waals surface area contributed by atoms with Crippen molar-refractivity contribution < 1.29 is 9.53 Å². The molecule has 8 heteroatoms. The summed E-state index contributed by atoms with van der Waals surface area (Å²) in [6.45, 7) is 1.75. The number of nitrogens with two attached hydrogens (primary N) is 1. The third kappa shape index (κ3) is 3.78. The molecule has 0 fully saturated rings. The first-order chi connectivity index (χ1) is 12.5. The molecule has 0 saturated heterocycles. The Morgan fingerprint density at radius 2 is 1.92 bits per heavy atom. The number of rotatable bonds is 4. The van der Waals surface area contributed by atoms with Crippen molar-refractivity contribution in [3.05, 3.63) is 59.1 Å². The summed E-state index contributed by atoms with van der Waals surface area (Å²) >= 11 is 6.14. The van der Waals surface area contributed by atoms with Crippen molar-refractivity contribution >= 4 is 29.2 Å². The summed E-state index contributed by atoms with van der Waals surface area (Å²) in [5, 5.41) is 11.3. The number of halogens is 1. The predicted molar refractivity (Wildman–Crippen MR) is 101 cm³/mol. The van der Waals surface area contributed by atoms with E-state index in [1.165, 1.54) is 4.68 Å². The predicted octanol–water partition coefficient (Wildman–Crippen LogP) is 4.03. The second-order valence-corrected chi connectivity index (χ2v) is 6.13. The number of aryl methyl sites for hydroxylation is 1. The van der Waals surface area contributed by atoms with Crippen molar-refractivity contribution in [2.45, 2.75) is 13.0 Å². The van der Waals surface area contributed by atoms with Gasteiger partial charge in [0.2, 0.25) is 0 Å². The fourth-order valence-corrected chi connectivity index (χ4v) is 2.78. The lowest BCUT2D eigenvalue weighted by atomic mass is 10.1. The number of carbonyl (C=O) groups is 1. The van der Waals surface area contributed by atoms with E-state index in [4.69, 9.17) is 22.1 Å². The van der Waals surface area contributed by atoms with Crippen molar-refractivity contribution in [2.75, 3.05) is 11.1 Å². The number of aromatic nitrogens is 3. The molecular formula is C18H18ClN5O2. The van der Waals surface area contributed by atoms with E-state index >= 15 is 0 Å². The summed E-state index contributed by atoms with van der Waals surface area (Å²) in [5.41, 5.74) is 8.38. The number of hydrogen-bond acceptors (Lipinski definition) is 5. The average molecular weight is 372 g/mol. The maximum Gasteiger partial charge on any atom is 0.413 e. The lowest BCUT2D eigenvalue weighted by molar-refractivity contribution is 0.121. The van der Waals surface area contributed by atoms with Gasteiger partial charge in [-0.25, -0.2) is 9.48 Å². The lowest BCUT2D eigenvalue weighted by Gasteiger charge is -2.15. The summed E-state index contributed by atoms with van der Waals surface area (Å²) in [6, 6.07) is 14.3. The standard InChI is InChI=1S/C18H18ClN5O2/c1-11(14-5-3-4-6-15(14)19)26-18(25)21-17-16(22-23-24(17)2)12-7-9-13(20)10-8-12/h3-11H,20H2,1-2H3,(H,21,25)/t11-/m1/s1. The summed E-state index contributed by atoms with van der Waals surface area (Å²) in [6.07, 6.45) is -1.13. The molecule has 3 N–H and O–H groups in total. The second kappa shape index (κ2) is 7.45. The highest BCUT2D eigenvalue weighted by atomic mass is 35.5. The van der Waals surface area contributed by atoms with Crippen molar-refractivity contribution in [1.82, 2.24) is 15.0 Å². The van der Waals surface area contributed by atoms with Gasteiger partial charge in [-0.1, -0.05) is 47.1 Å². The van der Waals surface area contributed by atoms with Crippen LogP contribution in [0.15, 0.2) is 48.5 Å². The van der Waals surface area contributed by atoms with Crippen LogP contribution in [0.1, 0.15) is 18.6 Å². The van der Waals surface area contributed by atoms with E-state index in [2.05, 4.69) is 15.6 Å². The van der Waals surface area contributed by atoms with Crippen molar-refractivity contribution in [1.29, 1.82) is 0 Å². The van der Waals surface area contributed by atoms with Gasteiger partial charge in [-0.2, -0.15) is 0 Å². The van der Waals surface area contributed by atoms with E-state index in [1.807, 2.05) is 30.3 Å². The van der Waals surface area contributed by atoms with Gasteiger partial charge in [-0.05, 0) is 25.1 Å². The molecule has 1 atom stereocenters. The third-order valence-corrected chi connectivity index (χ3v) is 4.20. The smallest absolute Gasteiger partial charge is 0.413 e. The summed E-state index contributed by atoms with van der Waals surface area (Å²) in [7, 11) is 1.68. The Bertz CT molecular complexity index is 924. The molecule has 0 unspecified atom stereocenters. The maximum atomic E-state index is 12.3. The van der Waals surface area contributed by atoms with Gasteiger partial charge in [-0.3, -0.25) is 5.32 Å². The van der Waals surface area contributed by atoms with Crippen LogP contribution in [0.2, 0.25) is 5.02 Å². The number of amides is 1. The molecule has 0 aliphatic heterocycles. The van der Waals surface area contributed by atoms with Gasteiger partial charge in [0.1, 0.15) is 11.8 Å². The fourth-order valence-electron chi connectivity index (χ4n) is 2.49. The minimum Gasteiger partial charge on any atom is -0.441 e. The molecular weight excluding hydrogens is 354 g/mol. The molecule has 1 amide bonds. The number of hydrogen-bond donors (Lipinski definition) is 2. The Morgan fingerprint density at radius 1 is 1.23 bits per heavy atom. The first-order valence-electron chi connectivity index (χ1n) is 7.93. The fraction of sp³-hybridized carbons (Fsp3) is 0.167. The zero-order valence-electron chi connectivity index (χ0n) is 14.3. The molecule has 1 aromatic heterocycles. The molecule has 0 saturated carbocycles. The monoisotopic (exact) mass is 371 g/mol. The highest BCUT2D eigenvalue weighted by molar-refractivity contribution is 6.31. The van der Waals surface area contributed by atoms with Gasteiger partial charge in [-0.15, -0.1) is 5.10 Å². The molecule has 2 aromatic carbocycles. The number of anilines is 2. The number of benzene rings is 2. The van der Waals surface area contributed by atoms with Crippen LogP contribution in [0.4, 0.5) is 16.3 Å². The maximum absolute atomic E-state index is 12.3. The van der Waals surface area contributed by atoms with Crippen molar-refractivity contribution in [3.8, 4) is 11.3 Å². The van der Waals surface area contributed by atoms with Gasteiger partial charge in [0.15, 0.2) is 5.82 Å². The molecule has 3 aromatic rings. The molecule has 3 rings (SSSR count). The topological polar surface area (TPSA) is 95.1 Å². The molecule has 0 spiro atoms. The Morgan fingerprint density at radius 3 is 2.62 bits per heavy atom. The zero-order valence-corrected chi connectivity index (χ0v) is 15.1. The largest absolute Gasteiger partial charge is 0.441 e. The first-order valence-corrected chi connectivity index (χ1v) is 8.31. The van der Waals surface area contributed by atoms with E-state index in [1.54, 1.807) is 32.2 Å². The summed E-state index contributed by atoms with van der Waals surface area (Å²) in [4.78, 5) is 12.3. The first kappa shape index (κ1) is 17.8. The molecule has 0 radical (unpaired) electrons. The molecule has 7 nitrogen and oxygen atoms in total. The van der Waals surface area contributed by atoms with Crippen LogP contribution >= 0.6 is 11.6 Å². The van der Waals surface area contributed by atoms with Gasteiger partial charge >= 0.3 is 6.09 Å².